The third-order valence-electron chi connectivity index (χ3n) is 4.95. The number of hydrogen-bond donors (Lipinski definition) is 1. The van der Waals surface area contributed by atoms with E-state index >= 15 is 0 Å². The van der Waals surface area contributed by atoms with Gasteiger partial charge in [0.1, 0.15) is 11.5 Å². The molecule has 0 bridgehead atoms. The number of aromatic hydroxyl groups is 1. The van der Waals surface area contributed by atoms with Gasteiger partial charge in [-0.1, -0.05) is 45.0 Å². The Kier molecular flexibility index (Phi) is 3.71. The molecule has 1 atom stereocenters. The first-order valence-electron chi connectivity index (χ1n) is 8.09. The molecule has 0 fully saturated rings. The van der Waals surface area contributed by atoms with Crippen molar-refractivity contribution in [1.29, 1.82) is 0 Å². The molecular formula is C21H24O2. The highest BCUT2D eigenvalue weighted by molar-refractivity contribution is 5.54. The lowest BCUT2D eigenvalue weighted by Gasteiger charge is -2.28. The molecule has 2 aromatic rings. The fourth-order valence-corrected chi connectivity index (χ4v) is 3.96. The van der Waals surface area contributed by atoms with Crippen molar-refractivity contribution >= 4 is 0 Å². The first-order chi connectivity index (χ1) is 10.9. The van der Waals surface area contributed by atoms with Crippen LogP contribution in [0.3, 0.4) is 0 Å². The average molecular weight is 308 g/mol. The molecule has 2 heteroatoms. The maximum Gasteiger partial charge on any atom is 0.126 e. The number of allylic oxidation sites excluding steroid dienone is 1. The highest BCUT2D eigenvalue weighted by atomic mass is 16.5. The summed E-state index contributed by atoms with van der Waals surface area (Å²) in [5.74, 6) is 1.17. The molecule has 0 aliphatic heterocycles. The molecule has 0 amide bonds. The summed E-state index contributed by atoms with van der Waals surface area (Å²) in [5.41, 5.74) is 3.80. The van der Waals surface area contributed by atoms with Crippen molar-refractivity contribution in [3.63, 3.8) is 0 Å². The number of phenols is 1. The van der Waals surface area contributed by atoms with E-state index in [1.807, 2.05) is 31.2 Å². The van der Waals surface area contributed by atoms with Crippen molar-refractivity contribution < 1.29 is 9.84 Å². The predicted octanol–water partition coefficient (Wildman–Crippen LogP) is 5.29. The van der Waals surface area contributed by atoms with Crippen LogP contribution in [0.15, 0.2) is 54.8 Å². The highest BCUT2D eigenvalue weighted by Gasteiger charge is 2.45. The van der Waals surface area contributed by atoms with Crippen LogP contribution in [0.1, 0.15) is 50.8 Å². The van der Waals surface area contributed by atoms with Gasteiger partial charge in [-0.2, -0.15) is 0 Å². The minimum atomic E-state index is -0.100. The van der Waals surface area contributed by atoms with Crippen LogP contribution in [0, 0.1) is 0 Å². The highest BCUT2D eigenvalue weighted by Crippen LogP contribution is 2.53. The van der Waals surface area contributed by atoms with Crippen molar-refractivity contribution in [2.24, 2.45) is 0 Å². The molecule has 0 heterocycles. The summed E-state index contributed by atoms with van der Waals surface area (Å²) in [7, 11) is 0. The van der Waals surface area contributed by atoms with Crippen LogP contribution < -0.4 is 4.74 Å². The molecule has 0 aromatic heterocycles. The average Bonchev–Trinajstić information content (AvgIpc) is 2.72. The summed E-state index contributed by atoms with van der Waals surface area (Å²) < 4.78 is 5.51. The molecular weight excluding hydrogens is 284 g/mol. The van der Waals surface area contributed by atoms with Crippen molar-refractivity contribution in [2.75, 3.05) is 0 Å². The van der Waals surface area contributed by atoms with E-state index in [2.05, 4.69) is 39.0 Å². The molecule has 2 aromatic carbocycles. The molecule has 1 aliphatic rings. The number of fused-ring (bicyclic) bond motifs is 1. The standard InChI is InChI=1S/C21H24O2/c1-5-12-23-17-9-6-15(7-10-17)21(4)14-20(2,3)18-11-8-16(22)13-19(18)21/h5-13,22H,14H2,1-4H3/b12-5+. The topological polar surface area (TPSA) is 29.5 Å². The fourth-order valence-electron chi connectivity index (χ4n) is 3.96. The van der Waals surface area contributed by atoms with Crippen molar-refractivity contribution in [2.45, 2.75) is 44.9 Å². The van der Waals surface area contributed by atoms with Crippen LogP contribution >= 0.6 is 0 Å². The number of hydrogen-bond acceptors (Lipinski definition) is 2. The van der Waals surface area contributed by atoms with E-state index in [1.165, 1.54) is 16.7 Å². The van der Waals surface area contributed by atoms with E-state index in [4.69, 9.17) is 4.74 Å². The van der Waals surface area contributed by atoms with Crippen LogP contribution in [0.5, 0.6) is 11.5 Å². The molecule has 0 radical (unpaired) electrons. The first kappa shape index (κ1) is 15.7. The number of benzene rings is 2. The fraction of sp³-hybridized carbons (Fsp3) is 0.333. The van der Waals surface area contributed by atoms with Crippen LogP contribution in [0.25, 0.3) is 0 Å². The summed E-state index contributed by atoms with van der Waals surface area (Å²) in [4.78, 5) is 0. The quantitative estimate of drug-likeness (QED) is 0.780. The smallest absolute Gasteiger partial charge is 0.126 e. The Morgan fingerprint density at radius 3 is 2.35 bits per heavy atom. The Morgan fingerprint density at radius 1 is 1.00 bits per heavy atom. The van der Waals surface area contributed by atoms with E-state index in [0.717, 1.165) is 12.2 Å². The first-order valence-corrected chi connectivity index (χ1v) is 8.09. The van der Waals surface area contributed by atoms with E-state index in [0.29, 0.717) is 5.75 Å². The van der Waals surface area contributed by atoms with Gasteiger partial charge in [0.15, 0.2) is 0 Å². The predicted molar refractivity (Wildman–Crippen MR) is 94.1 cm³/mol. The van der Waals surface area contributed by atoms with E-state index in [9.17, 15) is 5.11 Å². The van der Waals surface area contributed by atoms with Crippen LogP contribution in [-0.2, 0) is 10.8 Å². The largest absolute Gasteiger partial charge is 0.508 e. The Labute approximate surface area is 138 Å². The number of ether oxygens (including phenoxy) is 1. The van der Waals surface area contributed by atoms with Crippen molar-refractivity contribution in [3.8, 4) is 11.5 Å². The minimum Gasteiger partial charge on any atom is -0.508 e. The lowest BCUT2D eigenvalue weighted by atomic mass is 9.75. The van der Waals surface area contributed by atoms with Gasteiger partial charge in [0, 0.05) is 5.41 Å². The lowest BCUT2D eigenvalue weighted by Crippen LogP contribution is -2.23. The molecule has 3 rings (SSSR count). The van der Waals surface area contributed by atoms with Gasteiger partial charge >= 0.3 is 0 Å². The molecule has 0 spiro atoms. The zero-order chi connectivity index (χ0) is 16.7. The number of rotatable bonds is 3. The van der Waals surface area contributed by atoms with Gasteiger partial charge in [0.05, 0.1) is 6.26 Å². The maximum absolute atomic E-state index is 9.96. The molecule has 1 N–H and O–H groups in total. The van der Waals surface area contributed by atoms with Gasteiger partial charge in [-0.05, 0) is 59.7 Å². The SMILES string of the molecule is C/C=C/Oc1ccc(C2(C)CC(C)(C)c3ccc(O)cc32)cc1. The van der Waals surface area contributed by atoms with Crippen LogP contribution in [0.2, 0.25) is 0 Å². The van der Waals surface area contributed by atoms with Gasteiger partial charge < -0.3 is 9.84 Å². The molecule has 1 aliphatic carbocycles. The molecule has 23 heavy (non-hydrogen) atoms. The third kappa shape index (κ3) is 2.63. The summed E-state index contributed by atoms with van der Waals surface area (Å²) in [6.45, 7) is 8.75. The van der Waals surface area contributed by atoms with Crippen molar-refractivity contribution in [1.82, 2.24) is 0 Å². The second-order valence-electron chi connectivity index (χ2n) is 7.23. The molecule has 0 saturated carbocycles. The maximum atomic E-state index is 9.96. The Bertz CT molecular complexity index is 741. The van der Waals surface area contributed by atoms with E-state index in [1.54, 1.807) is 12.3 Å². The summed E-state index contributed by atoms with van der Waals surface area (Å²) in [6.07, 6.45) is 4.57. The minimum absolute atomic E-state index is 0.0951. The summed E-state index contributed by atoms with van der Waals surface area (Å²) in [5, 5.41) is 9.96. The van der Waals surface area contributed by atoms with Crippen LogP contribution in [0.4, 0.5) is 0 Å². The second-order valence-corrected chi connectivity index (χ2v) is 7.23. The van der Waals surface area contributed by atoms with Gasteiger partial charge in [-0.15, -0.1) is 0 Å². The van der Waals surface area contributed by atoms with E-state index < -0.39 is 0 Å². The Morgan fingerprint density at radius 2 is 1.70 bits per heavy atom. The van der Waals surface area contributed by atoms with Gasteiger partial charge in [0.2, 0.25) is 0 Å². The van der Waals surface area contributed by atoms with Crippen LogP contribution in [-0.4, -0.2) is 5.11 Å². The summed E-state index contributed by atoms with van der Waals surface area (Å²) in [6, 6.07) is 14.1. The van der Waals surface area contributed by atoms with Gasteiger partial charge in [0.25, 0.3) is 0 Å². The van der Waals surface area contributed by atoms with Gasteiger partial charge in [-0.3, -0.25) is 0 Å². The normalized spacial score (nSPS) is 22.3. The van der Waals surface area contributed by atoms with Crippen molar-refractivity contribution in [3.05, 3.63) is 71.5 Å². The summed E-state index contributed by atoms with van der Waals surface area (Å²) >= 11 is 0. The Balaban J connectivity index is 2.04. The Hall–Kier alpha value is -2.22. The number of phenolic OH excluding ortho intramolecular Hbond substituents is 1. The monoisotopic (exact) mass is 308 g/mol. The molecule has 120 valence electrons. The zero-order valence-electron chi connectivity index (χ0n) is 14.3. The molecule has 1 unspecified atom stereocenters. The second kappa shape index (κ2) is 5.45. The van der Waals surface area contributed by atoms with E-state index in [-0.39, 0.29) is 10.8 Å². The molecule has 0 saturated heterocycles. The zero-order valence-corrected chi connectivity index (χ0v) is 14.3. The third-order valence-corrected chi connectivity index (χ3v) is 4.95. The lowest BCUT2D eigenvalue weighted by molar-refractivity contribution is 0.423. The van der Waals surface area contributed by atoms with Gasteiger partial charge in [-0.25, -0.2) is 0 Å². The molecule has 2 nitrogen and oxygen atoms in total.